The summed E-state index contributed by atoms with van der Waals surface area (Å²) in [5.74, 6) is 2.00. The van der Waals surface area contributed by atoms with Crippen LogP contribution in [0.5, 0.6) is 0 Å². The van der Waals surface area contributed by atoms with Gasteiger partial charge in [0.2, 0.25) is 17.0 Å². The van der Waals surface area contributed by atoms with Crippen LogP contribution in [0.2, 0.25) is 0 Å². The Labute approximate surface area is 127 Å². The Balaban J connectivity index is 1.44. The third kappa shape index (κ3) is 3.55. The molecule has 1 saturated carbocycles. The van der Waals surface area contributed by atoms with Crippen molar-refractivity contribution in [3.63, 3.8) is 0 Å². The van der Waals surface area contributed by atoms with Crippen molar-refractivity contribution in [3.05, 3.63) is 5.82 Å². The van der Waals surface area contributed by atoms with Crippen LogP contribution in [0, 0.1) is 0 Å². The molecule has 0 atom stereocenters. The number of carbonyl (C=O) groups excluding carboxylic acids is 2. The third-order valence-corrected chi connectivity index (χ3v) is 4.68. The summed E-state index contributed by atoms with van der Waals surface area (Å²) in [5, 5.41) is 7.72. The van der Waals surface area contributed by atoms with E-state index in [1.807, 2.05) is 0 Å². The molecule has 1 aliphatic heterocycles. The van der Waals surface area contributed by atoms with Gasteiger partial charge in [-0.25, -0.2) is 4.98 Å². The zero-order valence-corrected chi connectivity index (χ0v) is 12.9. The van der Waals surface area contributed by atoms with E-state index >= 15 is 0 Å². The molecule has 0 spiro atoms. The molecule has 2 amide bonds. The Bertz CT molecular complexity index is 534. The number of amides is 2. The van der Waals surface area contributed by atoms with Crippen molar-refractivity contribution in [1.82, 2.24) is 25.0 Å². The summed E-state index contributed by atoms with van der Waals surface area (Å²) in [6, 6.07) is 0. The molecule has 0 radical (unpaired) electrons. The van der Waals surface area contributed by atoms with Gasteiger partial charge in [-0.2, -0.15) is 0 Å². The first-order valence-electron chi connectivity index (χ1n) is 7.22. The summed E-state index contributed by atoms with van der Waals surface area (Å²) in [7, 11) is 0. The van der Waals surface area contributed by atoms with Gasteiger partial charge in [0.05, 0.1) is 5.75 Å². The Hall–Kier alpha value is -1.57. The number of aromatic nitrogens is 3. The Morgan fingerprint density at radius 2 is 1.90 bits per heavy atom. The van der Waals surface area contributed by atoms with Crippen molar-refractivity contribution in [1.29, 1.82) is 0 Å². The highest BCUT2D eigenvalue weighted by Crippen LogP contribution is 2.38. The molecule has 0 aromatic carbocycles. The van der Waals surface area contributed by atoms with Gasteiger partial charge in [0.15, 0.2) is 0 Å². The monoisotopic (exact) mass is 309 g/mol. The molecule has 7 nitrogen and oxygen atoms in total. The molecule has 21 heavy (non-hydrogen) atoms. The van der Waals surface area contributed by atoms with Crippen molar-refractivity contribution in [2.75, 3.05) is 31.9 Å². The molecule has 2 heterocycles. The smallest absolute Gasteiger partial charge is 0.233 e. The third-order valence-electron chi connectivity index (χ3n) is 3.85. The minimum atomic E-state index is 0.0739. The zero-order chi connectivity index (χ0) is 14.8. The maximum absolute atomic E-state index is 12.1. The van der Waals surface area contributed by atoms with Gasteiger partial charge in [0.25, 0.3) is 0 Å². The number of piperazine rings is 1. The van der Waals surface area contributed by atoms with Crippen LogP contribution < -0.4 is 0 Å². The van der Waals surface area contributed by atoms with Gasteiger partial charge in [0, 0.05) is 39.0 Å². The highest BCUT2D eigenvalue weighted by atomic mass is 32.2. The lowest BCUT2D eigenvalue weighted by molar-refractivity contribution is -0.136. The molecule has 2 aliphatic rings. The molecule has 114 valence electrons. The number of hydrogen-bond acceptors (Lipinski definition) is 5. The highest BCUT2D eigenvalue weighted by Gasteiger charge is 2.27. The highest BCUT2D eigenvalue weighted by molar-refractivity contribution is 7.99. The minimum absolute atomic E-state index is 0.0739. The number of nitrogens with zero attached hydrogens (tertiary/aromatic N) is 4. The minimum Gasteiger partial charge on any atom is -0.339 e. The van der Waals surface area contributed by atoms with E-state index in [0.717, 1.165) is 5.82 Å². The summed E-state index contributed by atoms with van der Waals surface area (Å²) < 4.78 is 0. The fourth-order valence-electron chi connectivity index (χ4n) is 2.35. The van der Waals surface area contributed by atoms with Crippen molar-refractivity contribution >= 4 is 23.6 Å². The predicted molar refractivity (Wildman–Crippen MR) is 77.9 cm³/mol. The summed E-state index contributed by atoms with van der Waals surface area (Å²) in [4.78, 5) is 31.4. The van der Waals surface area contributed by atoms with E-state index in [1.54, 1.807) is 16.7 Å². The Kier molecular flexibility index (Phi) is 4.14. The van der Waals surface area contributed by atoms with Gasteiger partial charge in [-0.05, 0) is 12.8 Å². The zero-order valence-electron chi connectivity index (χ0n) is 12.0. The van der Waals surface area contributed by atoms with Gasteiger partial charge in [-0.1, -0.05) is 11.8 Å². The maximum Gasteiger partial charge on any atom is 0.233 e. The first kappa shape index (κ1) is 14.4. The van der Waals surface area contributed by atoms with Crippen molar-refractivity contribution in [2.45, 2.75) is 30.8 Å². The summed E-state index contributed by atoms with van der Waals surface area (Å²) in [5.41, 5.74) is 0. The van der Waals surface area contributed by atoms with E-state index < -0.39 is 0 Å². The van der Waals surface area contributed by atoms with Gasteiger partial charge in [-0.15, -0.1) is 5.10 Å². The summed E-state index contributed by atoms with van der Waals surface area (Å²) >= 11 is 1.37. The largest absolute Gasteiger partial charge is 0.339 e. The number of hydrogen-bond donors (Lipinski definition) is 1. The second-order valence-electron chi connectivity index (χ2n) is 5.45. The molecular formula is C13H19N5O2S. The van der Waals surface area contributed by atoms with E-state index in [-0.39, 0.29) is 11.8 Å². The Morgan fingerprint density at radius 1 is 1.24 bits per heavy atom. The number of thioether (sulfide) groups is 1. The molecule has 3 rings (SSSR count). The average molecular weight is 309 g/mol. The van der Waals surface area contributed by atoms with Crippen LogP contribution in [0.4, 0.5) is 0 Å². The molecule has 1 aromatic heterocycles. The molecule has 0 bridgehead atoms. The molecule has 1 aromatic rings. The van der Waals surface area contributed by atoms with Crippen LogP contribution in [0.15, 0.2) is 5.16 Å². The SMILES string of the molecule is CC(=O)N1CCN(C(=O)CSc2n[nH]c(C3CC3)n2)CC1. The first-order chi connectivity index (χ1) is 10.1. The lowest BCUT2D eigenvalue weighted by atomic mass is 10.3. The molecule has 2 fully saturated rings. The summed E-state index contributed by atoms with van der Waals surface area (Å²) in [6.45, 7) is 4.03. The van der Waals surface area contributed by atoms with Gasteiger partial charge in [0.1, 0.15) is 5.82 Å². The topological polar surface area (TPSA) is 82.2 Å². The fraction of sp³-hybridized carbons (Fsp3) is 0.692. The van der Waals surface area contributed by atoms with Crippen LogP contribution >= 0.6 is 11.8 Å². The van der Waals surface area contributed by atoms with Crippen molar-refractivity contribution < 1.29 is 9.59 Å². The van der Waals surface area contributed by atoms with Crippen LogP contribution in [-0.2, 0) is 9.59 Å². The lowest BCUT2D eigenvalue weighted by Gasteiger charge is -2.34. The second kappa shape index (κ2) is 6.05. The first-order valence-corrected chi connectivity index (χ1v) is 8.20. The molecule has 8 heteroatoms. The van der Waals surface area contributed by atoms with Crippen LogP contribution in [0.3, 0.4) is 0 Å². The predicted octanol–water partition coefficient (Wildman–Crippen LogP) is 0.465. The molecular weight excluding hydrogens is 290 g/mol. The molecule has 0 unspecified atom stereocenters. The van der Waals surface area contributed by atoms with Gasteiger partial charge in [-0.3, -0.25) is 14.7 Å². The number of H-pyrrole nitrogens is 1. The maximum atomic E-state index is 12.1. The van der Waals surface area contributed by atoms with Crippen molar-refractivity contribution in [3.8, 4) is 0 Å². The normalized spacial score (nSPS) is 18.9. The van der Waals surface area contributed by atoms with E-state index in [1.165, 1.54) is 24.6 Å². The number of rotatable bonds is 4. The number of aromatic amines is 1. The lowest BCUT2D eigenvalue weighted by Crippen LogP contribution is -2.50. The average Bonchev–Trinajstić information content (AvgIpc) is 3.24. The van der Waals surface area contributed by atoms with E-state index in [0.29, 0.717) is 43.0 Å². The molecule has 1 saturated heterocycles. The fourth-order valence-corrected chi connectivity index (χ4v) is 3.06. The second-order valence-corrected chi connectivity index (χ2v) is 6.40. The van der Waals surface area contributed by atoms with E-state index in [4.69, 9.17) is 0 Å². The number of nitrogens with one attached hydrogen (secondary N) is 1. The van der Waals surface area contributed by atoms with E-state index in [9.17, 15) is 9.59 Å². The van der Waals surface area contributed by atoms with Crippen LogP contribution in [0.1, 0.15) is 31.5 Å². The summed E-state index contributed by atoms with van der Waals surface area (Å²) in [6.07, 6.45) is 2.36. The van der Waals surface area contributed by atoms with E-state index in [2.05, 4.69) is 15.2 Å². The van der Waals surface area contributed by atoms with Gasteiger partial charge >= 0.3 is 0 Å². The van der Waals surface area contributed by atoms with Crippen LogP contribution in [-0.4, -0.2) is 68.7 Å². The quantitative estimate of drug-likeness (QED) is 0.817. The Morgan fingerprint density at radius 3 is 2.52 bits per heavy atom. The van der Waals surface area contributed by atoms with Gasteiger partial charge < -0.3 is 9.80 Å². The van der Waals surface area contributed by atoms with Crippen LogP contribution in [0.25, 0.3) is 0 Å². The molecule has 1 N–H and O–H groups in total. The molecule has 1 aliphatic carbocycles. The standard InChI is InChI=1S/C13H19N5O2S/c1-9(19)17-4-6-18(7-5-17)11(20)8-21-13-14-12(15-16-13)10-2-3-10/h10H,2-8H2,1H3,(H,14,15,16). The number of carbonyl (C=O) groups is 2. The van der Waals surface area contributed by atoms with Crippen molar-refractivity contribution in [2.24, 2.45) is 0 Å².